The smallest absolute Gasteiger partial charge is 0.330 e. The summed E-state index contributed by atoms with van der Waals surface area (Å²) in [4.78, 5) is 43.7. The van der Waals surface area contributed by atoms with E-state index in [0.717, 1.165) is 12.0 Å². The predicted octanol–water partition coefficient (Wildman–Crippen LogP) is 2.69. The highest BCUT2D eigenvalue weighted by Gasteiger charge is 2.25. The summed E-state index contributed by atoms with van der Waals surface area (Å²) in [5.41, 5.74) is 6.03. The van der Waals surface area contributed by atoms with Gasteiger partial charge in [-0.3, -0.25) is 24.0 Å². The van der Waals surface area contributed by atoms with Gasteiger partial charge >= 0.3 is 5.69 Å². The van der Waals surface area contributed by atoms with Crippen molar-refractivity contribution >= 4 is 29.0 Å². The van der Waals surface area contributed by atoms with E-state index in [9.17, 15) is 14.4 Å². The van der Waals surface area contributed by atoms with Crippen LogP contribution >= 0.6 is 11.6 Å². The molecule has 0 aliphatic heterocycles. The molecule has 1 amide bonds. The molecule has 2 aromatic rings. The molecule has 31 heavy (non-hydrogen) atoms. The zero-order valence-corrected chi connectivity index (χ0v) is 19.4. The zero-order chi connectivity index (χ0) is 23.1. The molecule has 0 spiro atoms. The molecule has 1 aromatic heterocycles. The van der Waals surface area contributed by atoms with Gasteiger partial charge in [-0.15, -0.1) is 0 Å². The molecule has 0 fully saturated rings. The lowest BCUT2D eigenvalue weighted by Gasteiger charge is -2.27. The van der Waals surface area contributed by atoms with Crippen molar-refractivity contribution in [3.05, 3.63) is 55.7 Å². The highest BCUT2D eigenvalue weighted by atomic mass is 35.5. The van der Waals surface area contributed by atoms with Crippen molar-refractivity contribution in [3.63, 3.8) is 0 Å². The third kappa shape index (κ3) is 6.70. The minimum atomic E-state index is -0.649. The number of nitrogens with one attached hydrogen (secondary N) is 1. The van der Waals surface area contributed by atoms with E-state index in [1.807, 2.05) is 50.9 Å². The van der Waals surface area contributed by atoms with Crippen molar-refractivity contribution in [2.24, 2.45) is 5.92 Å². The van der Waals surface area contributed by atoms with Crippen molar-refractivity contribution in [1.29, 1.82) is 0 Å². The number of hydrogen-bond donors (Lipinski definition) is 2. The molecule has 1 aromatic carbocycles. The number of carbonyl (C=O) groups is 1. The Morgan fingerprint density at radius 3 is 2.61 bits per heavy atom. The number of nitrogens with zero attached hydrogens (tertiary/aromatic N) is 3. The zero-order valence-electron chi connectivity index (χ0n) is 18.7. The van der Waals surface area contributed by atoms with Crippen molar-refractivity contribution in [2.75, 3.05) is 30.8 Å². The molecule has 170 valence electrons. The van der Waals surface area contributed by atoms with Gasteiger partial charge in [0.15, 0.2) is 5.69 Å². The number of nitrogens with two attached hydrogens (primary N) is 1. The van der Waals surface area contributed by atoms with Crippen LogP contribution < -0.4 is 21.9 Å². The second-order valence-corrected chi connectivity index (χ2v) is 8.64. The normalized spacial score (nSPS) is 11.3. The summed E-state index contributed by atoms with van der Waals surface area (Å²) in [5.74, 6) is -0.100. The molecule has 0 radical (unpaired) electrons. The number of likely N-dealkylation sites (N-methyl/N-ethyl adjacent to an activating group) is 1. The molecule has 0 bridgehead atoms. The van der Waals surface area contributed by atoms with E-state index in [1.165, 1.54) is 9.47 Å². The summed E-state index contributed by atoms with van der Waals surface area (Å²) in [6.07, 6.45) is 1.54. The molecule has 9 heteroatoms. The number of rotatable bonds is 10. The Kier molecular flexibility index (Phi) is 8.88. The Morgan fingerprint density at radius 1 is 1.29 bits per heavy atom. The van der Waals surface area contributed by atoms with Gasteiger partial charge in [0.2, 0.25) is 5.91 Å². The summed E-state index contributed by atoms with van der Waals surface area (Å²) in [7, 11) is 1.82. The Morgan fingerprint density at radius 2 is 2.00 bits per heavy atom. The van der Waals surface area contributed by atoms with Gasteiger partial charge in [0.05, 0.1) is 6.54 Å². The topological polar surface area (TPSA) is 104 Å². The average molecular weight is 450 g/mol. The van der Waals surface area contributed by atoms with Crippen LogP contribution in [0.1, 0.15) is 39.2 Å². The number of unbranched alkanes of at least 4 members (excludes halogenated alkanes) is 1. The van der Waals surface area contributed by atoms with Crippen LogP contribution in [-0.2, 0) is 17.9 Å². The highest BCUT2D eigenvalue weighted by Crippen LogP contribution is 2.19. The standard InChI is InChI=1S/C22H32ClN5O3/c1-5-6-10-27(18(29)14-26(4)13-16-8-7-9-17(23)11-16)19-20(24)28(12-15(2)3)22(31)25-21(19)30/h7-9,11,15H,5-6,10,12-14,24H2,1-4H3,(H,25,30,31). The van der Waals surface area contributed by atoms with Crippen LogP contribution in [0.2, 0.25) is 5.02 Å². The van der Waals surface area contributed by atoms with Gasteiger partial charge in [0.25, 0.3) is 5.56 Å². The van der Waals surface area contributed by atoms with Gasteiger partial charge in [0, 0.05) is 24.7 Å². The van der Waals surface area contributed by atoms with Crippen LogP contribution in [-0.4, -0.2) is 40.5 Å². The molecular weight excluding hydrogens is 418 g/mol. The highest BCUT2D eigenvalue weighted by molar-refractivity contribution is 6.30. The van der Waals surface area contributed by atoms with Crippen molar-refractivity contribution in [1.82, 2.24) is 14.5 Å². The molecule has 3 N–H and O–H groups in total. The molecule has 2 rings (SSSR count). The molecule has 8 nitrogen and oxygen atoms in total. The van der Waals surface area contributed by atoms with E-state index in [4.69, 9.17) is 17.3 Å². The van der Waals surface area contributed by atoms with Gasteiger partial charge in [0.1, 0.15) is 5.82 Å². The fourth-order valence-electron chi connectivity index (χ4n) is 3.38. The van der Waals surface area contributed by atoms with Crippen LogP contribution in [0.4, 0.5) is 11.5 Å². The summed E-state index contributed by atoms with van der Waals surface area (Å²) >= 11 is 6.05. The maximum Gasteiger partial charge on any atom is 0.330 e. The third-order valence-electron chi connectivity index (χ3n) is 4.81. The maximum absolute atomic E-state index is 13.2. The fraction of sp³-hybridized carbons (Fsp3) is 0.500. The quantitative estimate of drug-likeness (QED) is 0.580. The van der Waals surface area contributed by atoms with Crippen molar-refractivity contribution in [2.45, 2.75) is 46.7 Å². The van der Waals surface area contributed by atoms with Gasteiger partial charge < -0.3 is 10.6 Å². The van der Waals surface area contributed by atoms with Crippen LogP contribution in [0.5, 0.6) is 0 Å². The third-order valence-corrected chi connectivity index (χ3v) is 5.05. The first-order chi connectivity index (χ1) is 14.6. The van der Waals surface area contributed by atoms with Crippen LogP contribution in [0.25, 0.3) is 0 Å². The Balaban J connectivity index is 2.33. The number of amides is 1. The van der Waals surface area contributed by atoms with E-state index >= 15 is 0 Å². The number of hydrogen-bond acceptors (Lipinski definition) is 5. The number of aromatic amines is 1. The van der Waals surface area contributed by atoms with Gasteiger partial charge in [-0.25, -0.2) is 4.79 Å². The number of H-pyrrole nitrogens is 1. The fourth-order valence-corrected chi connectivity index (χ4v) is 3.59. The van der Waals surface area contributed by atoms with E-state index in [-0.39, 0.29) is 29.9 Å². The molecule has 0 aliphatic rings. The lowest BCUT2D eigenvalue weighted by Crippen LogP contribution is -2.45. The number of halogens is 1. The summed E-state index contributed by atoms with van der Waals surface area (Å²) in [6.45, 7) is 7.18. The lowest BCUT2D eigenvalue weighted by atomic mass is 10.2. The number of benzene rings is 1. The Hall–Kier alpha value is -2.58. The molecule has 0 unspecified atom stereocenters. The van der Waals surface area contributed by atoms with Crippen LogP contribution in [0, 0.1) is 5.92 Å². The molecular formula is C22H32ClN5O3. The second-order valence-electron chi connectivity index (χ2n) is 8.20. The SMILES string of the molecule is CCCCN(C(=O)CN(C)Cc1cccc(Cl)c1)c1c(N)n(CC(C)C)c(=O)[nH]c1=O. The average Bonchev–Trinajstić information content (AvgIpc) is 2.67. The second kappa shape index (κ2) is 11.2. The minimum absolute atomic E-state index is 0.0180. The molecule has 0 atom stereocenters. The van der Waals surface area contributed by atoms with Gasteiger partial charge in [-0.05, 0) is 37.1 Å². The van der Waals surface area contributed by atoms with E-state index in [1.54, 1.807) is 6.07 Å². The molecule has 0 saturated carbocycles. The number of anilines is 2. The summed E-state index contributed by atoms with van der Waals surface area (Å²) in [5, 5.41) is 0.633. The van der Waals surface area contributed by atoms with Crippen molar-refractivity contribution < 1.29 is 4.79 Å². The lowest BCUT2D eigenvalue weighted by molar-refractivity contribution is -0.119. The first-order valence-corrected chi connectivity index (χ1v) is 10.9. The number of aromatic nitrogens is 2. The first kappa shape index (κ1) is 24.7. The summed E-state index contributed by atoms with van der Waals surface area (Å²) < 4.78 is 1.32. The summed E-state index contributed by atoms with van der Waals surface area (Å²) in [6, 6.07) is 7.44. The van der Waals surface area contributed by atoms with Gasteiger partial charge in [-0.2, -0.15) is 0 Å². The van der Waals surface area contributed by atoms with E-state index in [0.29, 0.717) is 31.1 Å². The predicted molar refractivity (Wildman–Crippen MR) is 126 cm³/mol. The maximum atomic E-state index is 13.2. The monoisotopic (exact) mass is 449 g/mol. The van der Waals surface area contributed by atoms with E-state index < -0.39 is 11.2 Å². The van der Waals surface area contributed by atoms with Crippen LogP contribution in [0.3, 0.4) is 0 Å². The largest absolute Gasteiger partial charge is 0.383 e. The Labute approximate surface area is 187 Å². The first-order valence-electron chi connectivity index (χ1n) is 10.5. The van der Waals surface area contributed by atoms with Crippen LogP contribution in [0.15, 0.2) is 33.9 Å². The number of carbonyl (C=O) groups excluding carboxylic acids is 1. The molecule has 0 saturated heterocycles. The minimum Gasteiger partial charge on any atom is -0.383 e. The molecule has 0 aliphatic carbocycles. The Bertz CT molecular complexity index is 1010. The van der Waals surface area contributed by atoms with Crippen molar-refractivity contribution in [3.8, 4) is 0 Å². The van der Waals surface area contributed by atoms with E-state index in [2.05, 4.69) is 4.98 Å². The number of nitrogen functional groups attached to an aromatic ring is 1. The van der Waals surface area contributed by atoms with Gasteiger partial charge in [-0.1, -0.05) is 50.9 Å². The molecule has 1 heterocycles.